The predicted molar refractivity (Wildman–Crippen MR) is 71.0 cm³/mol. The second-order valence-corrected chi connectivity index (χ2v) is 5.23. The molecule has 0 heterocycles. The minimum atomic E-state index is -0.302. The number of rotatable bonds is 6. The van der Waals surface area contributed by atoms with E-state index in [2.05, 4.69) is 31.2 Å². The Bertz CT molecular complexity index is 304. The Balaban J connectivity index is 2.61. The molecule has 1 aromatic carbocycles. The molecule has 0 radical (unpaired) electrons. The van der Waals surface area contributed by atoms with Crippen molar-refractivity contribution in [2.24, 2.45) is 5.92 Å². The topological polar surface area (TPSA) is 40.5 Å². The molecule has 1 rings (SSSR count). The van der Waals surface area contributed by atoms with E-state index in [1.165, 1.54) is 11.1 Å². The maximum Gasteiger partial charge on any atom is 0.0514 e. The van der Waals surface area contributed by atoms with Crippen LogP contribution in [-0.2, 0) is 6.42 Å². The lowest BCUT2D eigenvalue weighted by molar-refractivity contribution is 0.120. The van der Waals surface area contributed by atoms with Crippen LogP contribution >= 0.6 is 0 Å². The molecular weight excluding hydrogens is 212 g/mol. The third kappa shape index (κ3) is 5.85. The molecule has 2 atom stereocenters. The fourth-order valence-electron chi connectivity index (χ4n) is 2.29. The Labute approximate surface area is 104 Å². The first kappa shape index (κ1) is 14.2. The van der Waals surface area contributed by atoms with Gasteiger partial charge in [0.1, 0.15) is 0 Å². The van der Waals surface area contributed by atoms with E-state index in [0.29, 0.717) is 5.92 Å². The molecule has 2 unspecified atom stereocenters. The molecule has 0 aromatic heterocycles. The van der Waals surface area contributed by atoms with Crippen LogP contribution in [0.3, 0.4) is 0 Å². The second-order valence-electron chi connectivity index (χ2n) is 5.23. The predicted octanol–water partition coefficient (Wildman–Crippen LogP) is 2.70. The van der Waals surface area contributed by atoms with Gasteiger partial charge >= 0.3 is 0 Å². The molecule has 0 saturated heterocycles. The molecule has 0 bridgehead atoms. The first-order valence-corrected chi connectivity index (χ1v) is 6.39. The molecule has 0 amide bonds. The van der Waals surface area contributed by atoms with E-state index in [4.69, 9.17) is 0 Å². The quantitative estimate of drug-likeness (QED) is 0.797. The van der Waals surface area contributed by atoms with Crippen molar-refractivity contribution < 1.29 is 10.2 Å². The Kier molecular flexibility index (Phi) is 5.66. The van der Waals surface area contributed by atoms with Gasteiger partial charge in [-0.25, -0.2) is 0 Å². The van der Waals surface area contributed by atoms with Gasteiger partial charge in [-0.15, -0.1) is 0 Å². The third-order valence-corrected chi connectivity index (χ3v) is 2.99. The first-order chi connectivity index (χ1) is 7.97. The zero-order chi connectivity index (χ0) is 12.8. The Morgan fingerprint density at radius 1 is 0.941 bits per heavy atom. The molecule has 2 N–H and O–H groups in total. The summed E-state index contributed by atoms with van der Waals surface area (Å²) in [6.45, 7) is 5.70. The SMILES string of the molecule is Cc1ccc(CC(CC(C)O)CC(C)O)cc1. The fraction of sp³-hybridized carbons (Fsp3) is 0.600. The lowest BCUT2D eigenvalue weighted by Gasteiger charge is -2.20. The highest BCUT2D eigenvalue weighted by molar-refractivity contribution is 5.21. The molecule has 0 aliphatic heterocycles. The molecule has 1 aromatic rings. The van der Waals surface area contributed by atoms with Crippen LogP contribution in [0, 0.1) is 12.8 Å². The lowest BCUT2D eigenvalue weighted by atomic mass is 9.89. The van der Waals surface area contributed by atoms with Crippen molar-refractivity contribution in [2.75, 3.05) is 0 Å². The van der Waals surface area contributed by atoms with Gasteiger partial charge in [0.25, 0.3) is 0 Å². The summed E-state index contributed by atoms with van der Waals surface area (Å²) < 4.78 is 0. The number of benzene rings is 1. The van der Waals surface area contributed by atoms with E-state index in [1.54, 1.807) is 0 Å². The van der Waals surface area contributed by atoms with Gasteiger partial charge in [0.15, 0.2) is 0 Å². The third-order valence-electron chi connectivity index (χ3n) is 2.99. The van der Waals surface area contributed by atoms with Gasteiger partial charge in [0.2, 0.25) is 0 Å². The average Bonchev–Trinajstić information content (AvgIpc) is 2.19. The van der Waals surface area contributed by atoms with Gasteiger partial charge in [0.05, 0.1) is 12.2 Å². The molecule has 17 heavy (non-hydrogen) atoms. The van der Waals surface area contributed by atoms with E-state index < -0.39 is 0 Å². The standard InChI is InChI=1S/C15H24O2/c1-11-4-6-14(7-5-11)10-15(8-12(2)16)9-13(3)17/h4-7,12-13,15-17H,8-10H2,1-3H3. The van der Waals surface area contributed by atoms with Crippen molar-refractivity contribution in [3.63, 3.8) is 0 Å². The smallest absolute Gasteiger partial charge is 0.0514 e. The summed E-state index contributed by atoms with van der Waals surface area (Å²) in [5, 5.41) is 19.0. The Morgan fingerprint density at radius 3 is 1.82 bits per heavy atom. The number of aliphatic hydroxyl groups is 2. The fourth-order valence-corrected chi connectivity index (χ4v) is 2.29. The highest BCUT2D eigenvalue weighted by Gasteiger charge is 2.15. The number of hydrogen-bond donors (Lipinski definition) is 2. The van der Waals surface area contributed by atoms with Gasteiger partial charge in [0, 0.05) is 0 Å². The van der Waals surface area contributed by atoms with E-state index in [9.17, 15) is 10.2 Å². The van der Waals surface area contributed by atoms with E-state index in [0.717, 1.165) is 19.3 Å². The molecule has 0 fully saturated rings. The van der Waals surface area contributed by atoms with Crippen molar-refractivity contribution in [3.05, 3.63) is 35.4 Å². The van der Waals surface area contributed by atoms with E-state index >= 15 is 0 Å². The summed E-state index contributed by atoms with van der Waals surface area (Å²) in [6, 6.07) is 8.48. The van der Waals surface area contributed by atoms with Crippen LogP contribution in [0.25, 0.3) is 0 Å². The van der Waals surface area contributed by atoms with Crippen LogP contribution in [0.1, 0.15) is 37.8 Å². The summed E-state index contributed by atoms with van der Waals surface area (Å²) in [4.78, 5) is 0. The maximum atomic E-state index is 9.48. The lowest BCUT2D eigenvalue weighted by Crippen LogP contribution is -2.17. The van der Waals surface area contributed by atoms with Gasteiger partial charge in [-0.3, -0.25) is 0 Å². The van der Waals surface area contributed by atoms with Crippen molar-refractivity contribution >= 4 is 0 Å². The molecule has 96 valence electrons. The summed E-state index contributed by atoms with van der Waals surface area (Å²) in [6.07, 6.45) is 1.82. The maximum absolute atomic E-state index is 9.48. The zero-order valence-corrected chi connectivity index (χ0v) is 11.1. The highest BCUT2D eigenvalue weighted by atomic mass is 16.3. The minimum Gasteiger partial charge on any atom is -0.393 e. The number of hydrogen-bond acceptors (Lipinski definition) is 2. The number of aryl methyl sites for hydroxylation is 1. The zero-order valence-electron chi connectivity index (χ0n) is 11.1. The normalized spacial score (nSPS) is 16.5. The van der Waals surface area contributed by atoms with Crippen LogP contribution in [0.4, 0.5) is 0 Å². The second kappa shape index (κ2) is 6.77. The summed E-state index contributed by atoms with van der Waals surface area (Å²) in [7, 11) is 0. The Hall–Kier alpha value is -0.860. The highest BCUT2D eigenvalue weighted by Crippen LogP contribution is 2.20. The van der Waals surface area contributed by atoms with Gasteiger partial charge in [-0.2, -0.15) is 0 Å². The summed E-state index contributed by atoms with van der Waals surface area (Å²) in [5.41, 5.74) is 2.54. The van der Waals surface area contributed by atoms with Crippen LogP contribution in [0.2, 0.25) is 0 Å². The summed E-state index contributed by atoms with van der Waals surface area (Å²) in [5.74, 6) is 0.345. The van der Waals surface area contributed by atoms with Crippen LogP contribution < -0.4 is 0 Å². The van der Waals surface area contributed by atoms with Crippen LogP contribution in [0.5, 0.6) is 0 Å². The first-order valence-electron chi connectivity index (χ1n) is 6.39. The van der Waals surface area contributed by atoms with Gasteiger partial charge in [-0.05, 0) is 51.5 Å². The Morgan fingerprint density at radius 2 is 1.41 bits per heavy atom. The minimum absolute atomic E-state index is 0.302. The van der Waals surface area contributed by atoms with Crippen molar-refractivity contribution in [3.8, 4) is 0 Å². The van der Waals surface area contributed by atoms with Gasteiger partial charge in [-0.1, -0.05) is 29.8 Å². The molecule has 2 nitrogen and oxygen atoms in total. The molecule has 2 heteroatoms. The monoisotopic (exact) mass is 236 g/mol. The van der Waals surface area contributed by atoms with Gasteiger partial charge < -0.3 is 10.2 Å². The van der Waals surface area contributed by atoms with Crippen LogP contribution in [0.15, 0.2) is 24.3 Å². The largest absolute Gasteiger partial charge is 0.393 e. The molecule has 0 aliphatic carbocycles. The molecule has 0 aliphatic rings. The summed E-state index contributed by atoms with van der Waals surface area (Å²) >= 11 is 0. The van der Waals surface area contributed by atoms with Crippen molar-refractivity contribution in [2.45, 2.75) is 52.2 Å². The van der Waals surface area contributed by atoms with Crippen LogP contribution in [-0.4, -0.2) is 22.4 Å². The van der Waals surface area contributed by atoms with Crippen molar-refractivity contribution in [1.29, 1.82) is 0 Å². The van der Waals surface area contributed by atoms with E-state index in [1.807, 2.05) is 13.8 Å². The molecule has 0 saturated carbocycles. The number of aliphatic hydroxyl groups excluding tert-OH is 2. The molecular formula is C15H24O2. The average molecular weight is 236 g/mol. The van der Waals surface area contributed by atoms with E-state index in [-0.39, 0.29) is 12.2 Å². The molecule has 0 spiro atoms. The van der Waals surface area contributed by atoms with Crippen molar-refractivity contribution in [1.82, 2.24) is 0 Å².